The molecule has 1 unspecified atom stereocenters. The summed E-state index contributed by atoms with van der Waals surface area (Å²) in [6, 6.07) is 0. The van der Waals surface area contributed by atoms with E-state index in [2.05, 4.69) is 9.72 Å². The van der Waals surface area contributed by atoms with E-state index in [1.165, 1.54) is 13.5 Å². The molecular weight excluding hydrogens is 234 g/mol. The summed E-state index contributed by atoms with van der Waals surface area (Å²) >= 11 is 0. The molecule has 1 aliphatic heterocycles. The topological polar surface area (TPSA) is 79.4 Å². The summed E-state index contributed by atoms with van der Waals surface area (Å²) in [5, 5.41) is 0. The van der Waals surface area contributed by atoms with Gasteiger partial charge in [-0.2, -0.15) is 0 Å². The quantitative estimate of drug-likeness (QED) is 0.816. The number of ether oxygens (including phenoxy) is 2. The van der Waals surface area contributed by atoms with Crippen LogP contribution in [0.1, 0.15) is 36.2 Å². The van der Waals surface area contributed by atoms with Gasteiger partial charge in [0.15, 0.2) is 5.69 Å². The molecule has 6 heteroatoms. The largest absolute Gasteiger partial charge is 0.464 e. The van der Waals surface area contributed by atoms with Crippen molar-refractivity contribution in [3.63, 3.8) is 0 Å². The van der Waals surface area contributed by atoms with Crippen LogP contribution in [0.15, 0.2) is 6.33 Å². The van der Waals surface area contributed by atoms with Crippen LogP contribution in [-0.4, -0.2) is 35.3 Å². The molecule has 6 nitrogen and oxygen atoms in total. The average Bonchev–Trinajstić information content (AvgIpc) is 2.78. The fourth-order valence-electron chi connectivity index (χ4n) is 2.14. The van der Waals surface area contributed by atoms with Crippen LogP contribution in [0.3, 0.4) is 0 Å². The minimum atomic E-state index is -0.500. The zero-order valence-electron chi connectivity index (χ0n) is 10.6. The third-order valence-electron chi connectivity index (χ3n) is 3.22. The molecule has 1 aromatic rings. The fourth-order valence-corrected chi connectivity index (χ4v) is 2.14. The van der Waals surface area contributed by atoms with Crippen LogP contribution >= 0.6 is 0 Å². The van der Waals surface area contributed by atoms with Gasteiger partial charge in [0.25, 0.3) is 0 Å². The highest BCUT2D eigenvalue weighted by molar-refractivity contribution is 5.91. The Bertz CT molecular complexity index is 411. The van der Waals surface area contributed by atoms with Crippen molar-refractivity contribution in [3.8, 4) is 0 Å². The third kappa shape index (κ3) is 2.81. The van der Waals surface area contributed by atoms with Gasteiger partial charge in [-0.1, -0.05) is 0 Å². The molecule has 1 aromatic heterocycles. The number of hydrogen-bond donors (Lipinski definition) is 1. The second-order valence-corrected chi connectivity index (χ2v) is 4.44. The zero-order chi connectivity index (χ0) is 13.0. The van der Waals surface area contributed by atoms with E-state index in [4.69, 9.17) is 10.5 Å². The van der Waals surface area contributed by atoms with E-state index in [1.54, 1.807) is 10.9 Å². The number of esters is 1. The summed E-state index contributed by atoms with van der Waals surface area (Å²) in [5.74, 6) is -0.141. The van der Waals surface area contributed by atoms with Gasteiger partial charge in [-0.05, 0) is 25.7 Å². The summed E-state index contributed by atoms with van der Waals surface area (Å²) in [6.45, 7) is 1.55. The number of methoxy groups -OCH3 is 1. The number of nitrogens with zero attached hydrogens (tertiary/aromatic N) is 2. The molecule has 1 fully saturated rings. The van der Waals surface area contributed by atoms with E-state index in [0.29, 0.717) is 18.5 Å². The van der Waals surface area contributed by atoms with Gasteiger partial charge >= 0.3 is 5.97 Å². The molecule has 0 saturated carbocycles. The molecule has 0 aliphatic carbocycles. The minimum absolute atomic E-state index is 0.182. The maximum Gasteiger partial charge on any atom is 0.360 e. The fraction of sp³-hybridized carbons (Fsp3) is 0.667. The second-order valence-electron chi connectivity index (χ2n) is 4.44. The monoisotopic (exact) mass is 253 g/mol. The van der Waals surface area contributed by atoms with Crippen molar-refractivity contribution in [2.45, 2.75) is 38.3 Å². The molecule has 1 aliphatic rings. The highest BCUT2D eigenvalue weighted by atomic mass is 16.5. The number of nitrogen functional groups attached to an aromatic ring is 1. The molecule has 0 bridgehead atoms. The lowest BCUT2D eigenvalue weighted by Crippen LogP contribution is -2.21. The smallest absolute Gasteiger partial charge is 0.360 e. The van der Waals surface area contributed by atoms with Crippen LogP contribution in [0.2, 0.25) is 0 Å². The molecule has 2 heterocycles. The number of aromatic nitrogens is 2. The lowest BCUT2D eigenvalue weighted by molar-refractivity contribution is 0.00889. The molecule has 0 spiro atoms. The van der Waals surface area contributed by atoms with Crippen molar-refractivity contribution in [1.82, 2.24) is 9.55 Å². The number of imidazole rings is 1. The van der Waals surface area contributed by atoms with E-state index in [-0.39, 0.29) is 5.69 Å². The molecule has 0 radical (unpaired) electrons. The van der Waals surface area contributed by atoms with Crippen molar-refractivity contribution in [2.75, 3.05) is 19.5 Å². The molecule has 18 heavy (non-hydrogen) atoms. The molecule has 2 rings (SSSR count). The van der Waals surface area contributed by atoms with Gasteiger partial charge in [-0.3, -0.25) is 0 Å². The van der Waals surface area contributed by atoms with Gasteiger partial charge in [0, 0.05) is 13.2 Å². The molecule has 0 amide bonds. The number of carbonyl (C=O) groups is 1. The van der Waals surface area contributed by atoms with Crippen molar-refractivity contribution < 1.29 is 14.3 Å². The predicted molar refractivity (Wildman–Crippen MR) is 66.2 cm³/mol. The Balaban J connectivity index is 1.93. The van der Waals surface area contributed by atoms with E-state index in [0.717, 1.165) is 25.9 Å². The Labute approximate surface area is 106 Å². The lowest BCUT2D eigenvalue weighted by atomic mass is 10.1. The molecule has 1 saturated heterocycles. The van der Waals surface area contributed by atoms with Gasteiger partial charge in [-0.25, -0.2) is 9.78 Å². The Kier molecular flexibility index (Phi) is 4.19. The number of hydrogen-bond acceptors (Lipinski definition) is 5. The number of carbonyl (C=O) groups excluding carboxylic acids is 1. The average molecular weight is 253 g/mol. The van der Waals surface area contributed by atoms with E-state index in [1.807, 2.05) is 0 Å². The number of aryl methyl sites for hydroxylation is 1. The lowest BCUT2D eigenvalue weighted by Gasteiger charge is -2.22. The zero-order valence-corrected chi connectivity index (χ0v) is 10.6. The first-order valence-electron chi connectivity index (χ1n) is 6.23. The van der Waals surface area contributed by atoms with Gasteiger partial charge in [0.2, 0.25) is 0 Å². The van der Waals surface area contributed by atoms with Crippen LogP contribution in [0.5, 0.6) is 0 Å². The number of anilines is 1. The first-order valence-corrected chi connectivity index (χ1v) is 6.23. The second kappa shape index (κ2) is 5.86. The normalized spacial score (nSPS) is 19.7. The van der Waals surface area contributed by atoms with Crippen molar-refractivity contribution in [1.29, 1.82) is 0 Å². The first-order chi connectivity index (χ1) is 8.72. The summed E-state index contributed by atoms with van der Waals surface area (Å²) in [6.07, 6.45) is 6.22. The summed E-state index contributed by atoms with van der Waals surface area (Å²) in [5.41, 5.74) is 6.04. The molecule has 100 valence electrons. The number of rotatable bonds is 4. The van der Waals surface area contributed by atoms with Crippen LogP contribution in [0.4, 0.5) is 5.82 Å². The Hall–Kier alpha value is -1.56. The van der Waals surface area contributed by atoms with E-state index in [9.17, 15) is 4.79 Å². The summed E-state index contributed by atoms with van der Waals surface area (Å²) in [4.78, 5) is 15.3. The highest BCUT2D eigenvalue weighted by Crippen LogP contribution is 2.18. The van der Waals surface area contributed by atoms with E-state index < -0.39 is 5.97 Å². The first kappa shape index (κ1) is 12.9. The minimum Gasteiger partial charge on any atom is -0.464 e. The third-order valence-corrected chi connectivity index (χ3v) is 3.22. The van der Waals surface area contributed by atoms with Gasteiger partial charge < -0.3 is 19.8 Å². The summed E-state index contributed by atoms with van der Waals surface area (Å²) in [7, 11) is 1.32. The van der Waals surface area contributed by atoms with Crippen molar-refractivity contribution >= 4 is 11.8 Å². The Morgan fingerprint density at radius 3 is 3.17 bits per heavy atom. The predicted octanol–water partition coefficient (Wildman–Crippen LogP) is 1.21. The molecule has 0 aromatic carbocycles. The van der Waals surface area contributed by atoms with Crippen molar-refractivity contribution in [3.05, 3.63) is 12.0 Å². The maximum absolute atomic E-state index is 11.4. The number of nitrogens with two attached hydrogens (primary N) is 1. The van der Waals surface area contributed by atoms with Gasteiger partial charge in [-0.15, -0.1) is 0 Å². The molecular formula is C12H19N3O3. The van der Waals surface area contributed by atoms with Gasteiger partial charge in [0.1, 0.15) is 5.82 Å². The molecule has 1 atom stereocenters. The van der Waals surface area contributed by atoms with E-state index >= 15 is 0 Å². The van der Waals surface area contributed by atoms with Crippen LogP contribution in [-0.2, 0) is 16.0 Å². The molecule has 2 N–H and O–H groups in total. The maximum atomic E-state index is 11.4. The Morgan fingerprint density at radius 2 is 2.50 bits per heavy atom. The standard InChI is InChI=1S/C12H19N3O3/c1-17-12(16)10-11(13)15(8-14-10)6-5-9-4-2-3-7-18-9/h8-9H,2-7,13H2,1H3. The SMILES string of the molecule is COC(=O)c1ncn(CCC2CCCCO2)c1N. The van der Waals surface area contributed by atoms with Crippen molar-refractivity contribution in [2.24, 2.45) is 0 Å². The van der Waals surface area contributed by atoms with Crippen LogP contribution in [0.25, 0.3) is 0 Å². The summed E-state index contributed by atoms with van der Waals surface area (Å²) < 4.78 is 12.0. The van der Waals surface area contributed by atoms with Crippen LogP contribution in [0, 0.1) is 0 Å². The highest BCUT2D eigenvalue weighted by Gasteiger charge is 2.18. The van der Waals surface area contributed by atoms with Gasteiger partial charge in [0.05, 0.1) is 19.5 Å². The Morgan fingerprint density at radius 1 is 1.67 bits per heavy atom. The van der Waals surface area contributed by atoms with Crippen LogP contribution < -0.4 is 5.73 Å².